The summed E-state index contributed by atoms with van der Waals surface area (Å²) in [6, 6.07) is 3.56. The van der Waals surface area contributed by atoms with E-state index in [9.17, 15) is 4.79 Å². The molecule has 0 aromatic carbocycles. The van der Waals surface area contributed by atoms with Crippen molar-refractivity contribution in [3.63, 3.8) is 0 Å². The molecule has 0 fully saturated rings. The number of hydrogen-bond donors (Lipinski definition) is 2. The second-order valence-electron chi connectivity index (χ2n) is 2.53. The molecule has 0 saturated carbocycles. The smallest absolute Gasteiger partial charge is 0.303 e. The van der Waals surface area contributed by atoms with Gasteiger partial charge in [0.05, 0.1) is 0 Å². The molecule has 5 heteroatoms. The summed E-state index contributed by atoms with van der Waals surface area (Å²) in [5, 5.41) is 18.8. The number of rotatable bonds is 5. The number of carbonyl (C=O) groups is 1. The van der Waals surface area contributed by atoms with E-state index in [0.717, 1.165) is 0 Å². The van der Waals surface area contributed by atoms with Crippen LogP contribution in [0.3, 0.4) is 0 Å². The number of anilines is 1. The van der Waals surface area contributed by atoms with Gasteiger partial charge < -0.3 is 10.4 Å². The zero-order valence-corrected chi connectivity index (χ0v) is 7.10. The Kier molecular flexibility index (Phi) is 3.69. The second kappa shape index (κ2) is 5.08. The highest BCUT2D eigenvalue weighted by molar-refractivity contribution is 5.66. The van der Waals surface area contributed by atoms with Crippen LogP contribution in [0, 0.1) is 0 Å². The monoisotopic (exact) mass is 181 g/mol. The first-order chi connectivity index (χ1) is 6.29. The summed E-state index contributed by atoms with van der Waals surface area (Å²) < 4.78 is 0. The Bertz CT molecular complexity index is 263. The van der Waals surface area contributed by atoms with Crippen LogP contribution in [0.5, 0.6) is 0 Å². The molecule has 0 bridgehead atoms. The van der Waals surface area contributed by atoms with Crippen LogP contribution in [0.25, 0.3) is 0 Å². The Labute approximate surface area is 75.8 Å². The zero-order chi connectivity index (χ0) is 9.52. The van der Waals surface area contributed by atoms with Crippen LogP contribution in [-0.2, 0) is 4.79 Å². The van der Waals surface area contributed by atoms with Gasteiger partial charge in [0, 0.05) is 19.2 Å². The summed E-state index contributed by atoms with van der Waals surface area (Å²) >= 11 is 0. The Balaban J connectivity index is 2.17. The van der Waals surface area contributed by atoms with Gasteiger partial charge >= 0.3 is 5.97 Å². The van der Waals surface area contributed by atoms with E-state index in [2.05, 4.69) is 15.5 Å². The zero-order valence-electron chi connectivity index (χ0n) is 7.10. The third-order valence-electron chi connectivity index (χ3n) is 1.45. The highest BCUT2D eigenvalue weighted by atomic mass is 16.4. The Morgan fingerprint density at radius 3 is 3.08 bits per heavy atom. The van der Waals surface area contributed by atoms with Gasteiger partial charge in [0.2, 0.25) is 0 Å². The molecule has 0 saturated heterocycles. The van der Waals surface area contributed by atoms with Gasteiger partial charge in [-0.1, -0.05) is 0 Å². The summed E-state index contributed by atoms with van der Waals surface area (Å²) in [6.45, 7) is 0.602. The molecule has 1 rings (SSSR count). The molecule has 0 spiro atoms. The fraction of sp³-hybridized carbons (Fsp3) is 0.375. The quantitative estimate of drug-likeness (QED) is 0.656. The van der Waals surface area contributed by atoms with Crippen LogP contribution in [-0.4, -0.2) is 27.8 Å². The molecule has 0 unspecified atom stereocenters. The normalized spacial score (nSPS) is 9.54. The van der Waals surface area contributed by atoms with Crippen LogP contribution in [0.2, 0.25) is 0 Å². The van der Waals surface area contributed by atoms with Crippen molar-refractivity contribution < 1.29 is 9.90 Å². The van der Waals surface area contributed by atoms with Crippen LogP contribution < -0.4 is 5.32 Å². The van der Waals surface area contributed by atoms with Crippen molar-refractivity contribution >= 4 is 11.8 Å². The van der Waals surface area contributed by atoms with Crippen LogP contribution in [0.1, 0.15) is 12.8 Å². The molecule has 5 nitrogen and oxygen atoms in total. The third kappa shape index (κ3) is 4.05. The van der Waals surface area contributed by atoms with E-state index in [-0.39, 0.29) is 6.42 Å². The molecule has 0 amide bonds. The number of carboxylic acid groups (broad SMARTS) is 1. The number of hydrogen-bond acceptors (Lipinski definition) is 4. The van der Waals surface area contributed by atoms with Crippen molar-refractivity contribution in [2.24, 2.45) is 0 Å². The minimum atomic E-state index is -0.777. The minimum absolute atomic E-state index is 0.174. The first kappa shape index (κ1) is 9.44. The van der Waals surface area contributed by atoms with Gasteiger partial charge in [-0.2, -0.15) is 5.10 Å². The molecule has 2 N–H and O–H groups in total. The molecule has 0 atom stereocenters. The Hall–Kier alpha value is -1.65. The molecule has 1 aromatic heterocycles. The fourth-order valence-electron chi connectivity index (χ4n) is 0.852. The van der Waals surface area contributed by atoms with Crippen LogP contribution in [0.4, 0.5) is 5.82 Å². The number of nitrogens with zero attached hydrogens (tertiary/aromatic N) is 2. The van der Waals surface area contributed by atoms with E-state index in [4.69, 9.17) is 5.11 Å². The van der Waals surface area contributed by atoms with Gasteiger partial charge in [0.1, 0.15) is 5.82 Å². The van der Waals surface area contributed by atoms with E-state index < -0.39 is 5.97 Å². The van der Waals surface area contributed by atoms with Crippen molar-refractivity contribution in [2.45, 2.75) is 12.8 Å². The molecule has 1 heterocycles. The number of aliphatic carboxylic acids is 1. The lowest BCUT2D eigenvalue weighted by Crippen LogP contribution is -2.06. The van der Waals surface area contributed by atoms with Crippen molar-refractivity contribution in [3.05, 3.63) is 18.3 Å². The summed E-state index contributed by atoms with van der Waals surface area (Å²) in [4.78, 5) is 10.2. The summed E-state index contributed by atoms with van der Waals surface area (Å²) in [5.41, 5.74) is 0. The number of carboxylic acids is 1. The van der Waals surface area contributed by atoms with Crippen LogP contribution in [0.15, 0.2) is 18.3 Å². The Morgan fingerprint density at radius 1 is 1.62 bits per heavy atom. The number of aromatic nitrogens is 2. The van der Waals surface area contributed by atoms with Crippen molar-refractivity contribution in [1.82, 2.24) is 10.2 Å². The molecule has 70 valence electrons. The van der Waals surface area contributed by atoms with Gasteiger partial charge in [-0.05, 0) is 18.6 Å². The highest BCUT2D eigenvalue weighted by Crippen LogP contribution is 1.98. The van der Waals surface area contributed by atoms with Crippen molar-refractivity contribution in [1.29, 1.82) is 0 Å². The first-order valence-electron chi connectivity index (χ1n) is 4.02. The second-order valence-corrected chi connectivity index (χ2v) is 2.53. The maximum Gasteiger partial charge on any atom is 0.303 e. The van der Waals surface area contributed by atoms with Crippen molar-refractivity contribution in [2.75, 3.05) is 11.9 Å². The summed E-state index contributed by atoms with van der Waals surface area (Å²) in [7, 11) is 0. The lowest BCUT2D eigenvalue weighted by Gasteiger charge is -2.01. The number of nitrogens with one attached hydrogen (secondary N) is 1. The molecule has 0 aliphatic carbocycles. The summed E-state index contributed by atoms with van der Waals surface area (Å²) in [5.74, 6) is -0.103. The molecule has 0 aliphatic heterocycles. The highest BCUT2D eigenvalue weighted by Gasteiger charge is 1.96. The van der Waals surface area contributed by atoms with E-state index in [1.807, 2.05) is 0 Å². The SMILES string of the molecule is O=C(O)CCCNc1cccnn1. The van der Waals surface area contributed by atoms with Gasteiger partial charge in [-0.25, -0.2) is 0 Å². The molecule has 13 heavy (non-hydrogen) atoms. The standard InChI is InChI=1S/C8H11N3O2/c12-8(13)4-2-5-9-7-3-1-6-10-11-7/h1,3,6H,2,4-5H2,(H,9,11)(H,12,13). The van der Waals surface area contributed by atoms with E-state index in [1.54, 1.807) is 18.3 Å². The average Bonchev–Trinajstić information content (AvgIpc) is 2.14. The van der Waals surface area contributed by atoms with E-state index in [0.29, 0.717) is 18.8 Å². The largest absolute Gasteiger partial charge is 0.481 e. The van der Waals surface area contributed by atoms with E-state index in [1.165, 1.54) is 0 Å². The lowest BCUT2D eigenvalue weighted by atomic mass is 10.3. The predicted molar refractivity (Wildman–Crippen MR) is 47.4 cm³/mol. The van der Waals surface area contributed by atoms with Gasteiger partial charge in [0.15, 0.2) is 0 Å². The molecule has 0 radical (unpaired) electrons. The minimum Gasteiger partial charge on any atom is -0.481 e. The summed E-state index contributed by atoms with van der Waals surface area (Å²) in [6.07, 6.45) is 2.35. The van der Waals surface area contributed by atoms with E-state index >= 15 is 0 Å². The Morgan fingerprint density at radius 2 is 2.46 bits per heavy atom. The average molecular weight is 181 g/mol. The topological polar surface area (TPSA) is 75.1 Å². The van der Waals surface area contributed by atoms with Gasteiger partial charge in [-0.15, -0.1) is 5.10 Å². The molecular formula is C8H11N3O2. The molecule has 0 aliphatic rings. The maximum absolute atomic E-state index is 10.2. The lowest BCUT2D eigenvalue weighted by molar-refractivity contribution is -0.137. The van der Waals surface area contributed by atoms with Gasteiger partial charge in [-0.3, -0.25) is 4.79 Å². The third-order valence-corrected chi connectivity index (χ3v) is 1.45. The fourth-order valence-corrected chi connectivity index (χ4v) is 0.852. The molecular weight excluding hydrogens is 170 g/mol. The first-order valence-corrected chi connectivity index (χ1v) is 4.02. The van der Waals surface area contributed by atoms with Crippen molar-refractivity contribution in [3.8, 4) is 0 Å². The maximum atomic E-state index is 10.2. The molecule has 1 aromatic rings. The predicted octanol–water partition coefficient (Wildman–Crippen LogP) is 0.753. The van der Waals surface area contributed by atoms with Gasteiger partial charge in [0.25, 0.3) is 0 Å². The van der Waals surface area contributed by atoms with Crippen LogP contribution >= 0.6 is 0 Å².